The fraction of sp³-hybridized carbons (Fsp3) is 0.652. The minimum Gasteiger partial charge on any atom is -0.445 e. The van der Waals surface area contributed by atoms with Gasteiger partial charge < -0.3 is 84.1 Å². The number of benzene rings is 1. The SMILES string of the molecule is CC[C@H](C)[C@@H]1NC(=O)[C@@H](CCNC(=O)OCc2ccccc2)NC(=O)[C@H](CC(C)C)NC(=O)[C@H]([C@H](O)C(C)C)NC(=O)[C@@H](N)[C@@H](C)NC(=O)C(CO)NC(=O)[C@H](CO)NC(=O)CNC(=O)[C@H]([C@H](C)O)NC1=O. The molecular formula is C46H75N11O15. The lowest BCUT2D eigenvalue weighted by atomic mass is 9.96. The number of alkyl carbamates (subject to hydrolysis) is 1. The van der Waals surface area contributed by atoms with Gasteiger partial charge in [-0.3, -0.25) is 43.2 Å². The van der Waals surface area contributed by atoms with Crippen molar-refractivity contribution in [2.75, 3.05) is 26.3 Å². The van der Waals surface area contributed by atoms with Crippen molar-refractivity contribution in [1.29, 1.82) is 0 Å². The van der Waals surface area contributed by atoms with E-state index in [1.165, 1.54) is 6.92 Å². The molecule has 0 spiro atoms. The van der Waals surface area contributed by atoms with Gasteiger partial charge in [-0.1, -0.05) is 78.3 Å². The van der Waals surface area contributed by atoms with E-state index in [2.05, 4.69) is 53.2 Å². The predicted molar refractivity (Wildman–Crippen MR) is 257 cm³/mol. The molecule has 26 heteroatoms. The van der Waals surface area contributed by atoms with Crippen LogP contribution in [0.5, 0.6) is 0 Å². The van der Waals surface area contributed by atoms with Gasteiger partial charge >= 0.3 is 6.09 Å². The van der Waals surface area contributed by atoms with Gasteiger partial charge in [-0.15, -0.1) is 0 Å². The first kappa shape index (κ1) is 61.6. The number of carbonyl (C=O) groups excluding carboxylic acids is 10. The number of hydrogen-bond donors (Lipinski definition) is 15. The van der Waals surface area contributed by atoms with E-state index >= 15 is 0 Å². The van der Waals surface area contributed by atoms with Gasteiger partial charge in [0.15, 0.2) is 0 Å². The van der Waals surface area contributed by atoms with Crippen LogP contribution in [-0.4, -0.2) is 173 Å². The first-order chi connectivity index (χ1) is 33.8. The molecule has 2 rings (SSSR count). The van der Waals surface area contributed by atoms with Crippen molar-refractivity contribution in [2.45, 2.75) is 148 Å². The van der Waals surface area contributed by atoms with Gasteiger partial charge in [0.1, 0.15) is 54.9 Å². The summed E-state index contributed by atoms with van der Waals surface area (Å²) in [5.74, 6) is -11.0. The molecule has 72 heavy (non-hydrogen) atoms. The van der Waals surface area contributed by atoms with Crippen molar-refractivity contribution >= 4 is 59.3 Å². The summed E-state index contributed by atoms with van der Waals surface area (Å²) in [6.45, 7) is 9.01. The molecule has 0 aromatic heterocycles. The molecule has 1 aliphatic rings. The number of carbonyl (C=O) groups is 10. The third-order valence-electron chi connectivity index (χ3n) is 11.6. The van der Waals surface area contributed by atoms with Crippen molar-refractivity contribution in [1.82, 2.24) is 53.2 Å². The first-order valence-electron chi connectivity index (χ1n) is 23.8. The lowest BCUT2D eigenvalue weighted by Crippen LogP contribution is -2.64. The molecular weight excluding hydrogens is 947 g/mol. The van der Waals surface area contributed by atoms with Gasteiger partial charge in [-0.05, 0) is 50.0 Å². The van der Waals surface area contributed by atoms with Gasteiger partial charge in [0, 0.05) is 6.54 Å². The average Bonchev–Trinajstić information content (AvgIpc) is 3.33. The highest BCUT2D eigenvalue weighted by Crippen LogP contribution is 2.13. The van der Waals surface area contributed by atoms with E-state index in [9.17, 15) is 68.4 Å². The molecule has 10 amide bonds. The molecule has 1 heterocycles. The smallest absolute Gasteiger partial charge is 0.407 e. The standard InChI is InChI=1S/C46H75N11O15/c1-9-24(6)34-44(69)56-35(26(8)60)43(68)49-18-32(61)51-30(19-58)41(66)54-31(20-59)40(65)50-25(7)33(47)42(67)57-36(37(62)23(4)5)45(70)53-29(17-22(2)3)39(64)52-28(38(63)55-34)15-16-48-46(71)72-21-27-13-11-10-12-14-27/h10-14,22-26,28-31,33-37,58-60,62H,9,15-21,47H2,1-8H3,(H,48,71)(H,49,68)(H,50,65)(H,51,61)(H,52,64)(H,53,70)(H,54,66)(H,55,63)(H,56,69)(H,57,67)/t24-,25+,26-,28+,29-,30-,31?,33-,34-,35-,36-,37+/m0/s1. The zero-order valence-corrected chi connectivity index (χ0v) is 42.0. The van der Waals surface area contributed by atoms with Crippen molar-refractivity contribution in [3.8, 4) is 0 Å². The lowest BCUT2D eigenvalue weighted by molar-refractivity contribution is -0.138. The summed E-state index contributed by atoms with van der Waals surface area (Å²) in [7, 11) is 0. The van der Waals surface area contributed by atoms with Crippen LogP contribution in [0.2, 0.25) is 0 Å². The molecule has 26 nitrogen and oxygen atoms in total. The van der Waals surface area contributed by atoms with E-state index < -0.39 is 157 Å². The molecule has 1 fully saturated rings. The number of aliphatic hydroxyl groups excluding tert-OH is 4. The molecule has 1 aliphatic heterocycles. The van der Waals surface area contributed by atoms with E-state index in [1.54, 1.807) is 71.9 Å². The molecule has 12 atom stereocenters. The minimum atomic E-state index is -1.76. The number of ether oxygens (including phenoxy) is 1. The Morgan fingerprint density at radius 2 is 1.18 bits per heavy atom. The Kier molecular flexibility index (Phi) is 26.0. The maximum Gasteiger partial charge on any atom is 0.407 e. The molecule has 1 aromatic rings. The maximum absolute atomic E-state index is 14.3. The van der Waals surface area contributed by atoms with Crippen molar-refractivity contribution in [3.63, 3.8) is 0 Å². The Morgan fingerprint density at radius 3 is 1.75 bits per heavy atom. The van der Waals surface area contributed by atoms with E-state index in [0.717, 1.165) is 6.92 Å². The summed E-state index contributed by atoms with van der Waals surface area (Å²) in [6.07, 6.45) is -4.14. The molecule has 0 radical (unpaired) electrons. The zero-order valence-electron chi connectivity index (χ0n) is 42.0. The average molecular weight is 1020 g/mol. The van der Waals surface area contributed by atoms with Crippen LogP contribution < -0.4 is 58.9 Å². The highest BCUT2D eigenvalue weighted by atomic mass is 16.5. The van der Waals surface area contributed by atoms with Crippen molar-refractivity contribution in [3.05, 3.63) is 35.9 Å². The van der Waals surface area contributed by atoms with Crippen LogP contribution in [-0.2, 0) is 54.5 Å². The molecule has 1 aromatic carbocycles. The fourth-order valence-corrected chi connectivity index (χ4v) is 6.97. The van der Waals surface area contributed by atoms with Gasteiger partial charge in [-0.25, -0.2) is 4.79 Å². The number of nitrogens with one attached hydrogen (secondary N) is 10. The van der Waals surface area contributed by atoms with Crippen LogP contribution in [0.1, 0.15) is 80.2 Å². The normalized spacial score (nSPS) is 26.6. The van der Waals surface area contributed by atoms with E-state index in [1.807, 2.05) is 0 Å². The van der Waals surface area contributed by atoms with Crippen LogP contribution in [0.4, 0.5) is 4.79 Å². The number of hydrogen-bond acceptors (Lipinski definition) is 16. The van der Waals surface area contributed by atoms with Crippen LogP contribution in [0, 0.1) is 17.8 Å². The minimum absolute atomic E-state index is 0.0546. The van der Waals surface area contributed by atoms with Gasteiger partial charge in [-0.2, -0.15) is 0 Å². The monoisotopic (exact) mass is 1020 g/mol. The van der Waals surface area contributed by atoms with Crippen LogP contribution in [0.25, 0.3) is 0 Å². The number of amides is 10. The summed E-state index contributed by atoms with van der Waals surface area (Å²) < 4.78 is 5.27. The topological polar surface area (TPSA) is 407 Å². The molecule has 0 aliphatic carbocycles. The Hall–Kier alpha value is -6.48. The second-order valence-electron chi connectivity index (χ2n) is 18.4. The molecule has 16 N–H and O–H groups in total. The number of nitrogens with two attached hydrogens (primary N) is 1. The molecule has 1 saturated heterocycles. The molecule has 404 valence electrons. The fourth-order valence-electron chi connectivity index (χ4n) is 6.97. The molecule has 0 saturated carbocycles. The Morgan fingerprint density at radius 1 is 0.667 bits per heavy atom. The summed E-state index contributed by atoms with van der Waals surface area (Å²) in [5.41, 5.74) is 6.87. The Balaban J connectivity index is 2.67. The molecule has 0 bridgehead atoms. The lowest BCUT2D eigenvalue weighted by Gasteiger charge is -2.31. The van der Waals surface area contributed by atoms with Crippen molar-refractivity contribution in [2.24, 2.45) is 23.5 Å². The Bertz CT molecular complexity index is 2010. The van der Waals surface area contributed by atoms with E-state index in [-0.39, 0.29) is 38.3 Å². The number of aliphatic hydroxyl groups is 4. The van der Waals surface area contributed by atoms with Crippen LogP contribution in [0.3, 0.4) is 0 Å². The van der Waals surface area contributed by atoms with Crippen LogP contribution in [0.15, 0.2) is 30.3 Å². The highest BCUT2D eigenvalue weighted by Gasteiger charge is 2.39. The first-order valence-corrected chi connectivity index (χ1v) is 23.8. The third kappa shape index (κ3) is 20.0. The molecule has 1 unspecified atom stereocenters. The predicted octanol–water partition coefficient (Wildman–Crippen LogP) is -4.87. The van der Waals surface area contributed by atoms with E-state index in [0.29, 0.717) is 5.56 Å². The summed E-state index contributed by atoms with van der Waals surface area (Å²) in [4.78, 5) is 135. The zero-order chi connectivity index (χ0) is 54.4. The van der Waals surface area contributed by atoms with Gasteiger partial charge in [0.25, 0.3) is 0 Å². The summed E-state index contributed by atoms with van der Waals surface area (Å²) >= 11 is 0. The van der Waals surface area contributed by atoms with E-state index in [4.69, 9.17) is 10.5 Å². The van der Waals surface area contributed by atoms with Gasteiger partial charge in [0.2, 0.25) is 53.2 Å². The van der Waals surface area contributed by atoms with Crippen LogP contribution >= 0.6 is 0 Å². The summed E-state index contributed by atoms with van der Waals surface area (Å²) in [6, 6.07) is -5.54. The second kappa shape index (κ2) is 30.4. The maximum atomic E-state index is 14.3. The quantitative estimate of drug-likeness (QED) is 0.0831. The largest absolute Gasteiger partial charge is 0.445 e. The highest BCUT2D eigenvalue weighted by molar-refractivity contribution is 5.98. The van der Waals surface area contributed by atoms with Gasteiger partial charge in [0.05, 0.1) is 38.0 Å². The Labute approximate surface area is 418 Å². The van der Waals surface area contributed by atoms with Crippen molar-refractivity contribution < 1.29 is 73.1 Å². The number of rotatable bonds is 14. The summed E-state index contributed by atoms with van der Waals surface area (Å²) in [5, 5.41) is 65.6. The second-order valence-corrected chi connectivity index (χ2v) is 18.4. The third-order valence-corrected chi connectivity index (χ3v) is 11.6.